The van der Waals surface area contributed by atoms with E-state index >= 15 is 0 Å². The predicted octanol–water partition coefficient (Wildman–Crippen LogP) is 0.101. The number of rotatable bonds is 10. The number of carbonyl (C=O) groups is 5. The Kier molecular flexibility index (Phi) is 12.1. The van der Waals surface area contributed by atoms with Gasteiger partial charge in [-0.3, -0.25) is 33.9 Å². The molecular weight excluding hydrogens is 617 g/mol. The van der Waals surface area contributed by atoms with Crippen molar-refractivity contribution in [1.29, 1.82) is 0 Å². The van der Waals surface area contributed by atoms with Crippen LogP contribution in [0, 0.1) is 0 Å². The van der Waals surface area contributed by atoms with Crippen molar-refractivity contribution >= 4 is 65.1 Å². The number of hydrogen-bond acceptors (Lipinski definition) is 11. The van der Waals surface area contributed by atoms with Gasteiger partial charge in [0.15, 0.2) is 11.2 Å². The molecule has 0 bridgehead atoms. The number of fused-ring (bicyclic) bond motifs is 1. The van der Waals surface area contributed by atoms with Crippen LogP contribution in [0.15, 0.2) is 35.3 Å². The number of thiol groups is 1. The molecule has 1 unspecified atom stereocenters. The van der Waals surface area contributed by atoms with Crippen molar-refractivity contribution in [2.45, 2.75) is 32.1 Å². The van der Waals surface area contributed by atoms with Gasteiger partial charge in [0.2, 0.25) is 11.9 Å². The van der Waals surface area contributed by atoms with E-state index in [1.165, 1.54) is 0 Å². The largest absolute Gasteiger partial charge is 0.480 e. The van der Waals surface area contributed by atoms with E-state index in [1.807, 2.05) is 0 Å². The molecule has 20 heteroatoms. The van der Waals surface area contributed by atoms with Crippen molar-refractivity contribution in [2.75, 3.05) is 22.9 Å². The fourth-order valence-electron chi connectivity index (χ4n) is 3.18. The zero-order valence-corrected chi connectivity index (χ0v) is 23.5. The molecule has 1 aromatic carbocycles. The number of nitrogen functional groups attached to an aromatic ring is 1. The van der Waals surface area contributed by atoms with Crippen LogP contribution in [0.1, 0.15) is 29.4 Å². The molecule has 3 aromatic rings. The van der Waals surface area contributed by atoms with Crippen molar-refractivity contribution in [3.63, 3.8) is 0 Å². The van der Waals surface area contributed by atoms with Gasteiger partial charge in [0, 0.05) is 23.4 Å². The predicted molar refractivity (Wildman–Crippen MR) is 150 cm³/mol. The number of carboxylic acid groups (broad SMARTS) is 2. The van der Waals surface area contributed by atoms with Gasteiger partial charge in [0.1, 0.15) is 12.6 Å². The number of anilines is 2. The molecule has 0 fully saturated rings. The lowest BCUT2D eigenvalue weighted by atomic mass is 10.1. The number of benzene rings is 1. The molecule has 236 valence electrons. The molecule has 2 aromatic heterocycles. The second-order valence-corrected chi connectivity index (χ2v) is 8.86. The summed E-state index contributed by atoms with van der Waals surface area (Å²) in [5.41, 5.74) is 3.79. The molecule has 16 nitrogen and oxygen atoms in total. The molecule has 0 aliphatic carbocycles. The molecule has 0 aliphatic rings. The van der Waals surface area contributed by atoms with Crippen LogP contribution in [0.5, 0.6) is 0 Å². The quantitative estimate of drug-likeness (QED) is 0.146. The number of carbonyl (C=O) groups excluding carboxylic acids is 3. The summed E-state index contributed by atoms with van der Waals surface area (Å²) in [5, 5.41) is 21.4. The number of H-pyrrole nitrogens is 1. The van der Waals surface area contributed by atoms with Crippen molar-refractivity contribution in [2.24, 2.45) is 0 Å². The van der Waals surface area contributed by atoms with Gasteiger partial charge in [-0.1, -0.05) is 6.92 Å². The van der Waals surface area contributed by atoms with E-state index < -0.39 is 54.6 Å². The first-order valence-electron chi connectivity index (χ1n) is 12.2. The maximum atomic E-state index is 13.2. The molecule has 0 spiro atoms. The highest BCUT2D eigenvalue weighted by atomic mass is 32.1. The number of alkyl halides is 3. The number of hydrogen-bond donors (Lipinski definition) is 7. The van der Waals surface area contributed by atoms with Gasteiger partial charge in [0.05, 0.1) is 18.4 Å². The van der Waals surface area contributed by atoms with Gasteiger partial charge in [0.25, 0.3) is 11.5 Å². The van der Waals surface area contributed by atoms with Crippen LogP contribution in [-0.2, 0) is 25.7 Å². The number of aliphatic carboxylic acids is 2. The van der Waals surface area contributed by atoms with Gasteiger partial charge < -0.3 is 26.6 Å². The van der Waals surface area contributed by atoms with E-state index in [1.54, 1.807) is 6.92 Å². The van der Waals surface area contributed by atoms with Crippen molar-refractivity contribution < 1.29 is 47.4 Å². The Morgan fingerprint density at radius 3 is 2.27 bits per heavy atom. The average Bonchev–Trinajstić information content (AvgIpc) is 2.96. The van der Waals surface area contributed by atoms with E-state index in [2.05, 4.69) is 43.2 Å². The number of nitrogens with one attached hydrogen (secondary N) is 3. The third-order valence-corrected chi connectivity index (χ3v) is 5.64. The first-order valence-corrected chi connectivity index (χ1v) is 12.8. The lowest BCUT2D eigenvalue weighted by Crippen LogP contribution is -2.41. The summed E-state index contributed by atoms with van der Waals surface area (Å²) in [4.78, 5) is 81.5. The highest BCUT2D eigenvalue weighted by Gasteiger charge is 2.43. The summed E-state index contributed by atoms with van der Waals surface area (Å²) >= 11 is 3.77. The molecule has 44 heavy (non-hydrogen) atoms. The lowest BCUT2D eigenvalue weighted by Gasteiger charge is -2.23. The molecule has 0 radical (unpaired) electrons. The minimum Gasteiger partial charge on any atom is -0.480 e. The Bertz CT molecular complexity index is 1600. The normalized spacial score (nSPS) is 11.5. The first kappa shape index (κ1) is 34.9. The van der Waals surface area contributed by atoms with E-state index in [-0.39, 0.29) is 52.1 Å². The van der Waals surface area contributed by atoms with Gasteiger partial charge >= 0.3 is 24.0 Å². The van der Waals surface area contributed by atoms with Gasteiger partial charge in [-0.15, -0.1) is 0 Å². The van der Waals surface area contributed by atoms with Crippen LogP contribution < -0.4 is 26.8 Å². The van der Waals surface area contributed by atoms with Crippen molar-refractivity contribution in [3.05, 3.63) is 52.1 Å². The van der Waals surface area contributed by atoms with Crippen LogP contribution in [0.2, 0.25) is 0 Å². The van der Waals surface area contributed by atoms with Gasteiger partial charge in [-0.2, -0.15) is 30.8 Å². The zero-order chi connectivity index (χ0) is 33.2. The van der Waals surface area contributed by atoms with E-state index in [4.69, 9.17) is 15.9 Å². The van der Waals surface area contributed by atoms with E-state index in [0.717, 1.165) is 30.5 Å². The van der Waals surface area contributed by atoms with Crippen LogP contribution in [0.3, 0.4) is 0 Å². The third-order valence-electron chi connectivity index (χ3n) is 5.27. The number of aromatic nitrogens is 4. The first-order chi connectivity index (χ1) is 20.6. The summed E-state index contributed by atoms with van der Waals surface area (Å²) in [6.07, 6.45) is -3.91. The number of halogens is 3. The Balaban J connectivity index is 0.000000523. The molecular formula is C24H25F3N8O8S. The van der Waals surface area contributed by atoms with Gasteiger partial charge in [-0.25, -0.2) is 14.8 Å². The smallest absolute Gasteiger partial charge is 0.471 e. The Labute approximate surface area is 250 Å². The molecule has 7 N–H and O–H groups in total. The number of aromatic amines is 1. The summed E-state index contributed by atoms with van der Waals surface area (Å²) in [6, 6.07) is 3.51. The van der Waals surface area contributed by atoms with Crippen LogP contribution >= 0.6 is 12.6 Å². The lowest BCUT2D eigenvalue weighted by molar-refractivity contribution is -0.170. The topological polar surface area (TPSA) is 251 Å². The minimum absolute atomic E-state index is 0.0416. The molecule has 3 amide bonds. The summed E-state index contributed by atoms with van der Waals surface area (Å²) < 4.78 is 39.6. The van der Waals surface area contributed by atoms with Crippen LogP contribution in [-0.4, -0.2) is 84.3 Å². The van der Waals surface area contributed by atoms with Gasteiger partial charge in [-0.05, 0) is 24.3 Å². The standard InChI is InChI=1S/C18H14F3N7O5.C6H11NO3S/c19-18(20,21)16(33)28(10-3-1-8(2-4-10)14(31)24-6-11(29)30)7-9-5-23-13-12(25-9)15(32)27-17(22)26-13;1-2-5(8)7-4(3-11)6(9)10/h1-5H,6-7H2,(H,24,31)(H,29,30)(H3,22,23,26,27,32);4,11H,2-3H2,1H3,(H,7,8)(H,9,10). The summed E-state index contributed by atoms with van der Waals surface area (Å²) in [6.45, 7) is 0.294. The highest BCUT2D eigenvalue weighted by molar-refractivity contribution is 7.80. The Hall–Kier alpha value is -5.27. The maximum Gasteiger partial charge on any atom is 0.471 e. The fraction of sp³-hybridized carbons (Fsp3) is 0.292. The second-order valence-electron chi connectivity index (χ2n) is 8.49. The summed E-state index contributed by atoms with van der Waals surface area (Å²) in [5.74, 6) is -5.72. The van der Waals surface area contributed by atoms with E-state index in [0.29, 0.717) is 4.90 Å². The third kappa shape index (κ3) is 9.93. The molecule has 2 heterocycles. The van der Waals surface area contributed by atoms with Crippen LogP contribution in [0.25, 0.3) is 11.2 Å². The van der Waals surface area contributed by atoms with E-state index in [9.17, 15) is 41.9 Å². The maximum absolute atomic E-state index is 13.2. The zero-order valence-electron chi connectivity index (χ0n) is 22.6. The van der Waals surface area contributed by atoms with Crippen molar-refractivity contribution in [3.8, 4) is 0 Å². The summed E-state index contributed by atoms with van der Waals surface area (Å²) in [7, 11) is 0. The highest BCUT2D eigenvalue weighted by Crippen LogP contribution is 2.26. The molecule has 3 rings (SSSR count). The fourth-order valence-corrected chi connectivity index (χ4v) is 3.42. The average molecular weight is 643 g/mol. The molecule has 0 aliphatic heterocycles. The number of nitrogens with two attached hydrogens (primary N) is 1. The van der Waals surface area contributed by atoms with Crippen LogP contribution in [0.4, 0.5) is 24.8 Å². The Morgan fingerprint density at radius 1 is 1.11 bits per heavy atom. The molecule has 1 atom stereocenters. The van der Waals surface area contributed by atoms with Crippen molar-refractivity contribution in [1.82, 2.24) is 30.6 Å². The SMILES string of the molecule is CCC(=O)NC(CS)C(=O)O.Nc1nc2ncc(CN(C(=O)C(F)(F)F)c3ccc(C(=O)NCC(=O)O)cc3)nc2c(=O)[nH]1. The Morgan fingerprint density at radius 2 is 1.75 bits per heavy atom. The number of carboxylic acids is 2. The number of amides is 3. The molecule has 0 saturated carbocycles. The minimum atomic E-state index is -5.24. The monoisotopic (exact) mass is 642 g/mol. The second kappa shape index (κ2) is 15.3. The number of nitrogens with zero attached hydrogens (tertiary/aromatic N) is 4. The molecule has 0 saturated heterocycles.